The Bertz CT molecular complexity index is 745. The number of rotatable bonds is 3. The van der Waals surface area contributed by atoms with E-state index in [1.165, 1.54) is 5.56 Å². The summed E-state index contributed by atoms with van der Waals surface area (Å²) in [5, 5.41) is 20.5. The Kier molecular flexibility index (Phi) is 4.41. The van der Waals surface area contributed by atoms with Gasteiger partial charge in [0.25, 0.3) is 0 Å². The number of fused-ring (bicyclic) bond motifs is 1. The van der Waals surface area contributed by atoms with E-state index in [0.29, 0.717) is 12.3 Å². The van der Waals surface area contributed by atoms with Gasteiger partial charge in [0.1, 0.15) is 17.6 Å². The first kappa shape index (κ1) is 16.7. The van der Waals surface area contributed by atoms with Crippen LogP contribution in [-0.2, 0) is 11.2 Å². The fraction of sp³-hybridized carbons (Fsp3) is 0.400. The summed E-state index contributed by atoms with van der Waals surface area (Å²) in [6.07, 6.45) is 4.18. The molecule has 1 aliphatic heterocycles. The standard InChI is InChI=1S/C20H25NO3/c1-5-13-6-7-14(22)10-16(13)19-12(2)15-8-9-18(24-4)20(23)17(15)11-21(19)3/h6-10,17,20,22-23H,5,11H2,1-4H3. The zero-order chi connectivity index (χ0) is 17.4. The highest BCUT2D eigenvalue weighted by Gasteiger charge is 2.36. The van der Waals surface area contributed by atoms with Gasteiger partial charge in [0.05, 0.1) is 7.11 Å². The van der Waals surface area contributed by atoms with Crippen molar-refractivity contribution in [2.24, 2.45) is 5.92 Å². The molecule has 1 heterocycles. The van der Waals surface area contributed by atoms with Gasteiger partial charge in [0, 0.05) is 30.8 Å². The zero-order valence-corrected chi connectivity index (χ0v) is 14.7. The summed E-state index contributed by atoms with van der Waals surface area (Å²) in [5.41, 5.74) is 5.67. The van der Waals surface area contributed by atoms with Crippen LogP contribution in [0.5, 0.6) is 5.75 Å². The van der Waals surface area contributed by atoms with Crippen molar-refractivity contribution in [1.82, 2.24) is 4.90 Å². The number of phenols is 1. The largest absolute Gasteiger partial charge is 0.508 e. The van der Waals surface area contributed by atoms with E-state index in [1.54, 1.807) is 13.2 Å². The van der Waals surface area contributed by atoms with Gasteiger partial charge in [-0.15, -0.1) is 0 Å². The van der Waals surface area contributed by atoms with E-state index in [-0.39, 0.29) is 11.7 Å². The maximum absolute atomic E-state index is 10.6. The van der Waals surface area contributed by atoms with Crippen molar-refractivity contribution in [1.29, 1.82) is 0 Å². The molecule has 24 heavy (non-hydrogen) atoms. The molecule has 1 aromatic carbocycles. The molecule has 0 amide bonds. The van der Waals surface area contributed by atoms with Gasteiger partial charge in [-0.05, 0) is 48.3 Å². The van der Waals surface area contributed by atoms with Crippen molar-refractivity contribution in [3.8, 4) is 5.75 Å². The fourth-order valence-electron chi connectivity index (χ4n) is 3.86. The molecule has 0 bridgehead atoms. The smallest absolute Gasteiger partial charge is 0.125 e. The zero-order valence-electron chi connectivity index (χ0n) is 14.7. The van der Waals surface area contributed by atoms with Crippen molar-refractivity contribution in [3.05, 3.63) is 58.4 Å². The minimum absolute atomic E-state index is 0.00101. The van der Waals surface area contributed by atoms with Crippen LogP contribution < -0.4 is 0 Å². The van der Waals surface area contributed by atoms with Gasteiger partial charge in [0.15, 0.2) is 0 Å². The Morgan fingerprint density at radius 2 is 2.04 bits per heavy atom. The number of methoxy groups -OCH3 is 1. The molecule has 4 nitrogen and oxygen atoms in total. The predicted molar refractivity (Wildman–Crippen MR) is 95.4 cm³/mol. The average molecular weight is 327 g/mol. The Morgan fingerprint density at radius 3 is 2.71 bits per heavy atom. The van der Waals surface area contributed by atoms with Gasteiger partial charge >= 0.3 is 0 Å². The van der Waals surface area contributed by atoms with Crippen molar-refractivity contribution in [2.75, 3.05) is 20.7 Å². The van der Waals surface area contributed by atoms with Crippen LogP contribution in [-0.4, -0.2) is 41.9 Å². The van der Waals surface area contributed by atoms with Gasteiger partial charge in [-0.1, -0.05) is 19.1 Å². The van der Waals surface area contributed by atoms with Crippen LogP contribution in [0.2, 0.25) is 0 Å². The van der Waals surface area contributed by atoms with Crippen LogP contribution in [0.1, 0.15) is 25.0 Å². The molecule has 1 aromatic rings. The van der Waals surface area contributed by atoms with Crippen LogP contribution in [0.4, 0.5) is 0 Å². The Labute approximate surface area is 143 Å². The lowest BCUT2D eigenvalue weighted by atomic mass is 9.79. The first-order chi connectivity index (χ1) is 11.5. The molecule has 0 saturated carbocycles. The van der Waals surface area contributed by atoms with E-state index in [4.69, 9.17) is 4.74 Å². The third kappa shape index (κ3) is 2.61. The summed E-state index contributed by atoms with van der Waals surface area (Å²) in [5.74, 6) is 0.887. The van der Waals surface area contributed by atoms with Gasteiger partial charge in [0.2, 0.25) is 0 Å². The molecule has 0 radical (unpaired) electrons. The van der Waals surface area contributed by atoms with Gasteiger partial charge in [-0.3, -0.25) is 0 Å². The van der Waals surface area contributed by atoms with Gasteiger partial charge in [-0.2, -0.15) is 0 Å². The number of allylic oxidation sites excluding steroid dienone is 3. The number of aromatic hydroxyl groups is 1. The monoisotopic (exact) mass is 327 g/mol. The number of phenolic OH excluding ortho intramolecular Hbond substituents is 1. The number of ether oxygens (including phenoxy) is 1. The first-order valence-electron chi connectivity index (χ1n) is 8.36. The second-order valence-electron chi connectivity index (χ2n) is 6.50. The molecule has 0 saturated heterocycles. The van der Waals surface area contributed by atoms with Crippen LogP contribution in [0, 0.1) is 5.92 Å². The van der Waals surface area contributed by atoms with Crippen molar-refractivity contribution in [2.45, 2.75) is 26.4 Å². The van der Waals surface area contributed by atoms with Crippen LogP contribution >= 0.6 is 0 Å². The Morgan fingerprint density at radius 1 is 1.29 bits per heavy atom. The number of hydrogen-bond donors (Lipinski definition) is 2. The lowest BCUT2D eigenvalue weighted by molar-refractivity contribution is 0.0806. The highest BCUT2D eigenvalue weighted by Crippen LogP contribution is 2.41. The number of aliphatic hydroxyl groups is 1. The minimum atomic E-state index is -0.622. The summed E-state index contributed by atoms with van der Waals surface area (Å²) >= 11 is 0. The summed E-state index contributed by atoms with van der Waals surface area (Å²) in [6.45, 7) is 4.92. The molecule has 0 spiro atoms. The second-order valence-corrected chi connectivity index (χ2v) is 6.50. The van der Waals surface area contributed by atoms with E-state index >= 15 is 0 Å². The molecule has 3 rings (SSSR count). The normalized spacial score (nSPS) is 23.6. The van der Waals surface area contributed by atoms with Crippen LogP contribution in [0.15, 0.2) is 47.3 Å². The summed E-state index contributed by atoms with van der Waals surface area (Å²) in [6, 6.07) is 5.56. The lowest BCUT2D eigenvalue weighted by Gasteiger charge is -2.41. The van der Waals surface area contributed by atoms with Crippen LogP contribution in [0.25, 0.3) is 5.70 Å². The molecule has 128 valence electrons. The second kappa shape index (κ2) is 6.36. The quantitative estimate of drug-likeness (QED) is 0.896. The highest BCUT2D eigenvalue weighted by atomic mass is 16.5. The molecule has 2 atom stereocenters. The molecule has 0 aromatic heterocycles. The molecule has 2 aliphatic rings. The van der Waals surface area contributed by atoms with E-state index in [1.807, 2.05) is 31.3 Å². The molecule has 1 aliphatic carbocycles. The topological polar surface area (TPSA) is 52.9 Å². The maximum atomic E-state index is 10.6. The van der Waals surface area contributed by atoms with Crippen molar-refractivity contribution >= 4 is 5.70 Å². The molecule has 0 fully saturated rings. The minimum Gasteiger partial charge on any atom is -0.508 e. The van der Waals surface area contributed by atoms with Crippen molar-refractivity contribution in [3.63, 3.8) is 0 Å². The molecular weight excluding hydrogens is 302 g/mol. The van der Waals surface area contributed by atoms with Gasteiger partial charge in [-0.25, -0.2) is 0 Å². The number of benzene rings is 1. The first-order valence-corrected chi connectivity index (χ1v) is 8.36. The van der Waals surface area contributed by atoms with E-state index < -0.39 is 6.10 Å². The maximum Gasteiger partial charge on any atom is 0.125 e. The summed E-state index contributed by atoms with van der Waals surface area (Å²) < 4.78 is 5.29. The highest BCUT2D eigenvalue weighted by molar-refractivity contribution is 5.75. The summed E-state index contributed by atoms with van der Waals surface area (Å²) in [7, 11) is 3.63. The Hall–Kier alpha value is -2.20. The predicted octanol–water partition coefficient (Wildman–Crippen LogP) is 3.08. The van der Waals surface area contributed by atoms with Crippen LogP contribution in [0.3, 0.4) is 0 Å². The van der Waals surface area contributed by atoms with Crippen molar-refractivity contribution < 1.29 is 14.9 Å². The number of nitrogens with zero attached hydrogens (tertiary/aromatic N) is 1. The molecule has 4 heteroatoms. The number of aryl methyl sites for hydroxylation is 1. The van der Waals surface area contributed by atoms with Gasteiger partial charge < -0.3 is 19.8 Å². The fourth-order valence-corrected chi connectivity index (χ4v) is 3.86. The summed E-state index contributed by atoms with van der Waals surface area (Å²) in [4.78, 5) is 2.17. The Balaban J connectivity index is 2.15. The van der Waals surface area contributed by atoms with E-state index in [0.717, 1.165) is 28.8 Å². The molecular formula is C20H25NO3. The third-order valence-corrected chi connectivity index (χ3v) is 5.10. The number of hydrogen-bond acceptors (Lipinski definition) is 4. The average Bonchev–Trinajstić information content (AvgIpc) is 2.56. The van der Waals surface area contributed by atoms with E-state index in [9.17, 15) is 10.2 Å². The number of aliphatic hydroxyl groups excluding tert-OH is 1. The third-order valence-electron chi connectivity index (χ3n) is 5.10. The SMILES string of the molecule is CCc1ccc(O)cc1C1=C(C)C2=CC=C(OC)C(O)C2CN1C. The van der Waals surface area contributed by atoms with E-state index in [2.05, 4.69) is 18.7 Å². The molecule has 2 unspecified atom stereocenters. The lowest BCUT2D eigenvalue weighted by Crippen LogP contribution is -2.40. The molecule has 2 N–H and O–H groups in total.